The van der Waals surface area contributed by atoms with Crippen LogP contribution in [0.4, 0.5) is 22.0 Å². The predicted octanol–water partition coefficient (Wildman–Crippen LogP) is 1.72. The quantitative estimate of drug-likeness (QED) is 0.0856. The molecule has 32 heavy (non-hydrogen) atoms. The molecule has 0 aliphatic rings. The van der Waals surface area contributed by atoms with Gasteiger partial charge >= 0.3 is 5.97 Å². The molecule has 0 heterocycles. The molecular weight excluding hydrogens is 449 g/mol. The Morgan fingerprint density at radius 1 is 0.562 bits per heavy atom. The third-order valence-electron chi connectivity index (χ3n) is 3.59. The molecule has 0 radical (unpaired) electrons. The van der Waals surface area contributed by atoms with Crippen LogP contribution >= 0.6 is 0 Å². The molecule has 0 aliphatic carbocycles. The first-order valence-electron chi connectivity index (χ1n) is 9.71. The van der Waals surface area contributed by atoms with Gasteiger partial charge in [-0.2, -0.15) is 8.78 Å². The van der Waals surface area contributed by atoms with Crippen LogP contribution in [-0.2, 0) is 28.5 Å². The first-order chi connectivity index (χ1) is 15.4. The summed E-state index contributed by atoms with van der Waals surface area (Å²) in [6, 6.07) is 0. The van der Waals surface area contributed by atoms with Gasteiger partial charge in [-0.25, -0.2) is 13.2 Å². The molecule has 1 aromatic carbocycles. The van der Waals surface area contributed by atoms with Crippen LogP contribution in [0.1, 0.15) is 6.42 Å². The van der Waals surface area contributed by atoms with Crippen LogP contribution in [0, 0.1) is 29.1 Å². The maximum Gasteiger partial charge on any atom is 0.313 e. The van der Waals surface area contributed by atoms with Crippen LogP contribution < -0.4 is 10.5 Å². The molecular formula is C19H26F5NO7. The number of carbonyl (C=O) groups excluding carboxylic acids is 1. The van der Waals surface area contributed by atoms with E-state index in [1.165, 1.54) is 0 Å². The lowest BCUT2D eigenvalue weighted by atomic mass is 10.2. The van der Waals surface area contributed by atoms with E-state index in [-0.39, 0.29) is 19.8 Å². The average molecular weight is 475 g/mol. The summed E-state index contributed by atoms with van der Waals surface area (Å²) in [7, 11) is 0. The summed E-state index contributed by atoms with van der Waals surface area (Å²) in [6.45, 7) is 3.38. The van der Waals surface area contributed by atoms with Gasteiger partial charge in [0.1, 0.15) is 0 Å². The summed E-state index contributed by atoms with van der Waals surface area (Å²) in [4.78, 5) is 11.5. The second-order valence-electron chi connectivity index (χ2n) is 5.97. The van der Waals surface area contributed by atoms with Gasteiger partial charge in [-0.15, -0.1) is 0 Å². The Hall–Kier alpha value is -1.90. The van der Waals surface area contributed by atoms with Crippen molar-refractivity contribution < 1.29 is 55.2 Å². The fraction of sp³-hybridized carbons (Fsp3) is 0.632. The first kappa shape index (κ1) is 28.1. The van der Waals surface area contributed by atoms with E-state index in [0.717, 1.165) is 0 Å². The normalized spacial score (nSPS) is 11.2. The molecule has 0 bridgehead atoms. The van der Waals surface area contributed by atoms with Gasteiger partial charge in [0.15, 0.2) is 0 Å². The standard InChI is InChI=1S/C19H26F5NO7/c20-14-15(21)17(23)19(18(24)16(14)22)32-13(26)1-3-27-5-7-29-9-11-31-12-10-30-8-6-28-4-2-25/h1-12,25H2. The minimum Gasteiger partial charge on any atom is -0.420 e. The second kappa shape index (κ2) is 16.7. The van der Waals surface area contributed by atoms with Gasteiger partial charge in [0.05, 0.1) is 72.5 Å². The minimum absolute atomic E-state index is 0.0989. The van der Waals surface area contributed by atoms with Crippen molar-refractivity contribution in [3.8, 4) is 5.75 Å². The van der Waals surface area contributed by atoms with Crippen LogP contribution in [-0.4, -0.2) is 78.6 Å². The Balaban J connectivity index is 2.02. The molecule has 1 aromatic rings. The molecule has 13 heteroatoms. The van der Waals surface area contributed by atoms with Gasteiger partial charge < -0.3 is 34.2 Å². The molecule has 2 N–H and O–H groups in total. The van der Waals surface area contributed by atoms with Gasteiger partial charge in [0.25, 0.3) is 0 Å². The van der Waals surface area contributed by atoms with E-state index in [4.69, 9.17) is 29.4 Å². The van der Waals surface area contributed by atoms with Crippen molar-refractivity contribution in [2.24, 2.45) is 5.73 Å². The van der Waals surface area contributed by atoms with Crippen molar-refractivity contribution in [2.45, 2.75) is 6.42 Å². The Kier molecular flexibility index (Phi) is 14.7. The van der Waals surface area contributed by atoms with Crippen LogP contribution in [0.3, 0.4) is 0 Å². The van der Waals surface area contributed by atoms with Crippen molar-refractivity contribution in [1.29, 1.82) is 0 Å². The number of rotatable bonds is 18. The number of esters is 1. The van der Waals surface area contributed by atoms with Crippen LogP contribution in [0.15, 0.2) is 0 Å². The van der Waals surface area contributed by atoms with Gasteiger partial charge in [0.2, 0.25) is 34.8 Å². The van der Waals surface area contributed by atoms with Gasteiger partial charge in [0, 0.05) is 6.54 Å². The number of halogens is 5. The zero-order valence-electron chi connectivity index (χ0n) is 17.3. The largest absolute Gasteiger partial charge is 0.420 e. The van der Waals surface area contributed by atoms with Crippen molar-refractivity contribution in [1.82, 2.24) is 0 Å². The molecule has 0 spiro atoms. The van der Waals surface area contributed by atoms with Gasteiger partial charge in [-0.05, 0) is 0 Å². The highest BCUT2D eigenvalue weighted by Gasteiger charge is 2.28. The number of benzene rings is 1. The third-order valence-corrected chi connectivity index (χ3v) is 3.59. The molecule has 8 nitrogen and oxygen atoms in total. The average Bonchev–Trinajstić information content (AvgIpc) is 2.79. The number of hydrogen-bond acceptors (Lipinski definition) is 8. The molecule has 0 saturated carbocycles. The number of hydrogen-bond donors (Lipinski definition) is 1. The van der Waals surface area contributed by atoms with Crippen molar-refractivity contribution in [3.05, 3.63) is 29.1 Å². The van der Waals surface area contributed by atoms with Gasteiger partial charge in [-0.3, -0.25) is 4.79 Å². The molecule has 0 amide bonds. The number of nitrogens with two attached hydrogens (primary N) is 1. The summed E-state index contributed by atoms with van der Waals surface area (Å²) < 4.78 is 96.0. The highest BCUT2D eigenvalue weighted by atomic mass is 19.2. The zero-order valence-corrected chi connectivity index (χ0v) is 17.3. The van der Waals surface area contributed by atoms with E-state index in [2.05, 4.69) is 4.74 Å². The summed E-state index contributed by atoms with van der Waals surface area (Å²) >= 11 is 0. The minimum atomic E-state index is -2.34. The molecule has 0 aliphatic heterocycles. The Bertz CT molecular complexity index is 668. The van der Waals surface area contributed by atoms with E-state index < -0.39 is 47.2 Å². The monoisotopic (exact) mass is 475 g/mol. The maximum absolute atomic E-state index is 13.4. The van der Waals surface area contributed by atoms with E-state index in [0.29, 0.717) is 52.8 Å². The number of ether oxygens (including phenoxy) is 6. The smallest absolute Gasteiger partial charge is 0.313 e. The van der Waals surface area contributed by atoms with Gasteiger partial charge in [-0.1, -0.05) is 0 Å². The molecule has 1 rings (SSSR count). The highest BCUT2D eigenvalue weighted by Crippen LogP contribution is 2.29. The summed E-state index contributed by atoms with van der Waals surface area (Å²) in [5, 5.41) is 0. The molecule has 0 unspecified atom stereocenters. The summed E-state index contributed by atoms with van der Waals surface area (Å²) in [6.07, 6.45) is -0.472. The van der Waals surface area contributed by atoms with E-state index in [9.17, 15) is 26.7 Å². The third kappa shape index (κ3) is 10.6. The van der Waals surface area contributed by atoms with E-state index >= 15 is 0 Å². The van der Waals surface area contributed by atoms with Crippen molar-refractivity contribution in [2.75, 3.05) is 72.6 Å². The van der Waals surface area contributed by atoms with Crippen molar-refractivity contribution in [3.63, 3.8) is 0 Å². The molecule has 0 atom stereocenters. The van der Waals surface area contributed by atoms with E-state index in [1.807, 2.05) is 0 Å². The van der Waals surface area contributed by atoms with Crippen LogP contribution in [0.5, 0.6) is 5.75 Å². The van der Waals surface area contributed by atoms with E-state index in [1.54, 1.807) is 0 Å². The lowest BCUT2D eigenvalue weighted by Gasteiger charge is -2.09. The van der Waals surface area contributed by atoms with Crippen LogP contribution in [0.25, 0.3) is 0 Å². The molecule has 184 valence electrons. The van der Waals surface area contributed by atoms with Crippen molar-refractivity contribution >= 4 is 5.97 Å². The fourth-order valence-electron chi connectivity index (χ4n) is 2.06. The summed E-state index contributed by atoms with van der Waals surface area (Å²) in [5.41, 5.74) is 5.26. The topological polar surface area (TPSA) is 98.5 Å². The first-order valence-corrected chi connectivity index (χ1v) is 9.71. The highest BCUT2D eigenvalue weighted by molar-refractivity contribution is 5.72. The SMILES string of the molecule is NCCOCCOCCOCCOCCOCCC(=O)Oc1c(F)c(F)c(F)c(F)c1F. The lowest BCUT2D eigenvalue weighted by molar-refractivity contribution is -0.136. The summed E-state index contributed by atoms with van der Waals surface area (Å²) in [5.74, 6) is -14.1. The molecule has 0 fully saturated rings. The Morgan fingerprint density at radius 2 is 0.906 bits per heavy atom. The second-order valence-corrected chi connectivity index (χ2v) is 5.97. The number of carbonyl (C=O) groups is 1. The Morgan fingerprint density at radius 3 is 1.31 bits per heavy atom. The van der Waals surface area contributed by atoms with Crippen LogP contribution in [0.2, 0.25) is 0 Å². The zero-order chi connectivity index (χ0) is 23.8. The predicted molar refractivity (Wildman–Crippen MR) is 99.6 cm³/mol. The maximum atomic E-state index is 13.4. The molecule has 0 saturated heterocycles. The Labute approximate surface area is 181 Å². The molecule has 0 aromatic heterocycles. The fourth-order valence-corrected chi connectivity index (χ4v) is 2.06. The lowest BCUT2D eigenvalue weighted by Crippen LogP contribution is -2.16.